The van der Waals surface area contributed by atoms with Crippen molar-refractivity contribution in [1.82, 2.24) is 19.9 Å². The van der Waals surface area contributed by atoms with E-state index in [9.17, 15) is 9.59 Å². The zero-order valence-electron chi connectivity index (χ0n) is 15.8. The van der Waals surface area contributed by atoms with Crippen molar-refractivity contribution in [3.63, 3.8) is 0 Å². The highest BCUT2D eigenvalue weighted by atomic mass is 79.9. The number of benzene rings is 1. The molecule has 0 saturated carbocycles. The van der Waals surface area contributed by atoms with Crippen LogP contribution in [0.2, 0.25) is 0 Å². The first-order valence-electron chi connectivity index (χ1n) is 9.68. The molecular formula is C20H23BrN4O3. The Hall–Kier alpha value is -2.22. The average molecular weight is 447 g/mol. The molecule has 8 heteroatoms. The predicted octanol–water partition coefficient (Wildman–Crippen LogP) is 3.15. The second-order valence-corrected chi connectivity index (χ2v) is 8.38. The fraction of sp³-hybridized carbons (Fsp3) is 0.500. The molecule has 0 aliphatic carbocycles. The van der Waals surface area contributed by atoms with Gasteiger partial charge in [0.1, 0.15) is 6.04 Å². The predicted molar refractivity (Wildman–Crippen MR) is 106 cm³/mol. The van der Waals surface area contributed by atoms with Gasteiger partial charge in [-0.1, -0.05) is 21.1 Å². The summed E-state index contributed by atoms with van der Waals surface area (Å²) in [5.41, 5.74) is 0.612. The van der Waals surface area contributed by atoms with Gasteiger partial charge in [-0.25, -0.2) is 0 Å². The molecule has 2 unspecified atom stereocenters. The number of aromatic nitrogens is 2. The number of aryl methyl sites for hydroxylation is 1. The first kappa shape index (κ1) is 19.1. The van der Waals surface area contributed by atoms with Crippen LogP contribution in [0.15, 0.2) is 33.3 Å². The molecule has 7 nitrogen and oxygen atoms in total. The van der Waals surface area contributed by atoms with Crippen LogP contribution in [0.5, 0.6) is 0 Å². The van der Waals surface area contributed by atoms with E-state index in [1.54, 1.807) is 24.0 Å². The maximum absolute atomic E-state index is 13.2. The fourth-order valence-electron chi connectivity index (χ4n) is 4.09. The van der Waals surface area contributed by atoms with Crippen LogP contribution in [0.4, 0.5) is 0 Å². The van der Waals surface area contributed by atoms with Gasteiger partial charge in [0.2, 0.25) is 11.8 Å². The third-order valence-corrected chi connectivity index (χ3v) is 6.04. The Morgan fingerprint density at radius 2 is 1.89 bits per heavy atom. The molecule has 0 spiro atoms. The summed E-state index contributed by atoms with van der Waals surface area (Å²) in [4.78, 5) is 34.1. The summed E-state index contributed by atoms with van der Waals surface area (Å²) in [5.74, 6) is 1.23. The maximum atomic E-state index is 13.2. The largest absolute Gasteiger partial charge is 0.340 e. The number of hydrogen-bond donors (Lipinski definition) is 0. The average Bonchev–Trinajstić information content (AvgIpc) is 3.37. The smallest absolute Gasteiger partial charge is 0.254 e. The highest BCUT2D eigenvalue weighted by Gasteiger charge is 2.39. The van der Waals surface area contributed by atoms with Crippen LogP contribution >= 0.6 is 15.9 Å². The number of amides is 2. The van der Waals surface area contributed by atoms with Gasteiger partial charge in [-0.3, -0.25) is 9.59 Å². The van der Waals surface area contributed by atoms with Gasteiger partial charge in [0, 0.05) is 29.7 Å². The summed E-state index contributed by atoms with van der Waals surface area (Å²) < 4.78 is 6.24. The van der Waals surface area contributed by atoms with E-state index in [0.29, 0.717) is 43.3 Å². The van der Waals surface area contributed by atoms with Gasteiger partial charge in [0.25, 0.3) is 5.91 Å². The minimum atomic E-state index is -0.390. The van der Waals surface area contributed by atoms with Gasteiger partial charge in [-0.05, 0) is 56.9 Å². The molecule has 0 N–H and O–H groups in total. The molecule has 148 valence electrons. The van der Waals surface area contributed by atoms with E-state index in [1.165, 1.54) is 0 Å². The summed E-state index contributed by atoms with van der Waals surface area (Å²) in [6, 6.07) is 6.89. The quantitative estimate of drug-likeness (QED) is 0.723. The normalized spacial score (nSPS) is 22.5. The highest BCUT2D eigenvalue weighted by Crippen LogP contribution is 2.29. The lowest BCUT2D eigenvalue weighted by Gasteiger charge is -2.35. The SMILES string of the molecule is Cc1noc(C2CCCN(C(=O)C3CCCN3C(=O)c3ccc(Br)cc3)C2)n1. The first-order valence-corrected chi connectivity index (χ1v) is 10.5. The van der Waals surface area contributed by atoms with Crippen LogP contribution in [0.3, 0.4) is 0 Å². The number of likely N-dealkylation sites (tertiary alicyclic amines) is 2. The van der Waals surface area contributed by atoms with Crippen molar-refractivity contribution in [3.05, 3.63) is 46.0 Å². The number of piperidine rings is 1. The molecule has 1 aromatic heterocycles. The minimum Gasteiger partial charge on any atom is -0.340 e. The number of carbonyl (C=O) groups excluding carboxylic acids is 2. The third-order valence-electron chi connectivity index (χ3n) is 5.52. The van der Waals surface area contributed by atoms with Crippen molar-refractivity contribution in [2.75, 3.05) is 19.6 Å². The van der Waals surface area contributed by atoms with E-state index < -0.39 is 0 Å². The maximum Gasteiger partial charge on any atom is 0.254 e. The van der Waals surface area contributed by atoms with E-state index >= 15 is 0 Å². The van der Waals surface area contributed by atoms with Gasteiger partial charge < -0.3 is 14.3 Å². The number of nitrogens with zero attached hydrogens (tertiary/aromatic N) is 4. The zero-order chi connectivity index (χ0) is 19.7. The van der Waals surface area contributed by atoms with Crippen molar-refractivity contribution in [2.24, 2.45) is 0 Å². The molecule has 2 fully saturated rings. The number of halogens is 1. The summed E-state index contributed by atoms with van der Waals surface area (Å²) >= 11 is 3.39. The highest BCUT2D eigenvalue weighted by molar-refractivity contribution is 9.10. The Labute approximate surface area is 172 Å². The Kier molecular flexibility index (Phi) is 5.48. The van der Waals surface area contributed by atoms with Gasteiger partial charge in [-0.2, -0.15) is 4.98 Å². The van der Waals surface area contributed by atoms with E-state index in [-0.39, 0.29) is 23.8 Å². The molecule has 2 atom stereocenters. The van der Waals surface area contributed by atoms with Gasteiger partial charge in [0.15, 0.2) is 5.82 Å². The van der Waals surface area contributed by atoms with E-state index in [2.05, 4.69) is 26.1 Å². The molecule has 2 amide bonds. The molecular weight excluding hydrogens is 424 g/mol. The molecule has 2 saturated heterocycles. The standard InChI is InChI=1S/C20H23BrN4O3/c1-13-22-18(28-23-13)15-4-2-10-24(12-15)20(27)17-5-3-11-25(17)19(26)14-6-8-16(21)9-7-14/h6-9,15,17H,2-5,10-12H2,1H3. The number of rotatable bonds is 3. The van der Waals surface area contributed by atoms with Crippen molar-refractivity contribution in [3.8, 4) is 0 Å². The van der Waals surface area contributed by atoms with Crippen LogP contribution in [0, 0.1) is 6.92 Å². The molecule has 2 aromatic rings. The minimum absolute atomic E-state index is 0.0314. The Morgan fingerprint density at radius 1 is 1.14 bits per heavy atom. The van der Waals surface area contributed by atoms with Gasteiger partial charge in [0.05, 0.1) is 5.92 Å². The molecule has 0 bridgehead atoms. The second-order valence-electron chi connectivity index (χ2n) is 7.47. The lowest BCUT2D eigenvalue weighted by Crippen LogP contribution is -2.50. The van der Waals surface area contributed by atoms with Crippen molar-refractivity contribution in [1.29, 1.82) is 0 Å². The van der Waals surface area contributed by atoms with E-state index in [1.807, 2.05) is 17.0 Å². The van der Waals surface area contributed by atoms with Crippen molar-refractivity contribution in [2.45, 2.75) is 44.6 Å². The second kappa shape index (κ2) is 8.03. The fourth-order valence-corrected chi connectivity index (χ4v) is 4.36. The van der Waals surface area contributed by atoms with Crippen LogP contribution in [-0.4, -0.2) is 57.4 Å². The van der Waals surface area contributed by atoms with Gasteiger partial charge >= 0.3 is 0 Å². The van der Waals surface area contributed by atoms with Gasteiger partial charge in [-0.15, -0.1) is 0 Å². The zero-order valence-corrected chi connectivity index (χ0v) is 17.4. The Balaban J connectivity index is 1.47. The summed E-state index contributed by atoms with van der Waals surface area (Å²) in [6.07, 6.45) is 3.38. The van der Waals surface area contributed by atoms with Crippen LogP contribution < -0.4 is 0 Å². The Bertz CT molecular complexity index is 867. The van der Waals surface area contributed by atoms with Crippen LogP contribution in [-0.2, 0) is 4.79 Å². The van der Waals surface area contributed by atoms with Crippen molar-refractivity contribution >= 4 is 27.7 Å². The lowest BCUT2D eigenvalue weighted by atomic mass is 9.97. The third kappa shape index (κ3) is 3.83. The topological polar surface area (TPSA) is 79.5 Å². The molecule has 2 aliphatic heterocycles. The van der Waals surface area contributed by atoms with Crippen LogP contribution in [0.1, 0.15) is 53.7 Å². The number of hydrogen-bond acceptors (Lipinski definition) is 5. The summed E-state index contributed by atoms with van der Waals surface area (Å²) in [6.45, 7) is 3.69. The molecule has 2 aliphatic rings. The lowest BCUT2D eigenvalue weighted by molar-refractivity contribution is -0.136. The molecule has 3 heterocycles. The van der Waals surface area contributed by atoms with Crippen LogP contribution in [0.25, 0.3) is 0 Å². The Morgan fingerprint density at radius 3 is 2.61 bits per heavy atom. The summed E-state index contributed by atoms with van der Waals surface area (Å²) in [7, 11) is 0. The van der Waals surface area contributed by atoms with E-state index in [0.717, 1.165) is 23.7 Å². The monoisotopic (exact) mass is 446 g/mol. The van der Waals surface area contributed by atoms with Crippen molar-refractivity contribution < 1.29 is 14.1 Å². The number of carbonyl (C=O) groups is 2. The summed E-state index contributed by atoms with van der Waals surface area (Å²) in [5, 5.41) is 3.87. The first-order chi connectivity index (χ1) is 13.5. The van der Waals surface area contributed by atoms with E-state index in [4.69, 9.17) is 4.52 Å². The molecule has 1 aromatic carbocycles. The molecule has 28 heavy (non-hydrogen) atoms. The molecule has 0 radical (unpaired) electrons. The molecule has 4 rings (SSSR count).